The number of β-lactam (4-membered cyclic amide) rings is 1. The topological polar surface area (TPSA) is 113 Å². The summed E-state index contributed by atoms with van der Waals surface area (Å²) in [4.78, 5) is 24.6. The second kappa shape index (κ2) is 5.88. The maximum absolute atomic E-state index is 12.9. The molecule has 0 saturated carbocycles. The molecule has 0 bridgehead atoms. The van der Waals surface area contributed by atoms with Gasteiger partial charge in [-0.2, -0.15) is 0 Å². The van der Waals surface area contributed by atoms with Crippen LogP contribution in [0.4, 0.5) is 0 Å². The number of sulfone groups is 1. The van der Waals surface area contributed by atoms with Crippen LogP contribution in [0.1, 0.15) is 18.9 Å². The summed E-state index contributed by atoms with van der Waals surface area (Å²) in [5.41, 5.74) is 1.03. The minimum atomic E-state index is -3.85. The first-order valence-electron chi connectivity index (χ1n) is 8.48. The predicted molar refractivity (Wildman–Crippen MR) is 92.0 cm³/mol. The Morgan fingerprint density at radius 1 is 1.37 bits per heavy atom. The normalized spacial score (nSPS) is 28.6. The standard InChI is InChI=1S/C17H18N4O5S/c1-17(15(16(23)24)21-13(22)9-14(21)27(17,25)26)11-20-8-7-19(18-20)10-12-5-3-2-4-6-12/h2-8,14-15H,9-11H2,1H3/p+1/t14?,15-,17-/m0/s1. The maximum Gasteiger partial charge on any atom is 0.328 e. The Kier molecular flexibility index (Phi) is 3.84. The number of aliphatic carboxylic acids is 1. The molecule has 1 aromatic heterocycles. The third-order valence-corrected chi connectivity index (χ3v) is 8.11. The molecule has 1 aromatic carbocycles. The molecule has 10 heteroatoms. The average Bonchev–Trinajstić information content (AvgIpc) is 3.08. The van der Waals surface area contributed by atoms with Gasteiger partial charge < -0.3 is 10.0 Å². The molecule has 1 unspecified atom stereocenters. The van der Waals surface area contributed by atoms with E-state index in [0.29, 0.717) is 6.54 Å². The van der Waals surface area contributed by atoms with Crippen molar-refractivity contribution in [3.63, 3.8) is 0 Å². The summed E-state index contributed by atoms with van der Waals surface area (Å²) in [6.45, 7) is 1.75. The number of carboxylic acids is 1. The molecule has 2 aliphatic heterocycles. The zero-order chi connectivity index (χ0) is 19.4. The number of rotatable bonds is 5. The number of amides is 1. The Morgan fingerprint density at radius 3 is 2.70 bits per heavy atom. The van der Waals surface area contributed by atoms with Crippen molar-refractivity contribution in [2.75, 3.05) is 0 Å². The fraction of sp³-hybridized carbons (Fsp3) is 0.412. The van der Waals surface area contributed by atoms with Gasteiger partial charge in [0.05, 0.1) is 11.6 Å². The lowest BCUT2D eigenvalue weighted by atomic mass is 9.96. The summed E-state index contributed by atoms with van der Waals surface area (Å²) < 4.78 is 27.3. The number of benzene rings is 1. The molecule has 1 N–H and O–H groups in total. The first kappa shape index (κ1) is 17.7. The fourth-order valence-corrected chi connectivity index (χ4v) is 6.27. The van der Waals surface area contributed by atoms with Crippen LogP contribution in [0.2, 0.25) is 0 Å². The van der Waals surface area contributed by atoms with E-state index in [-0.39, 0.29) is 13.0 Å². The highest BCUT2D eigenvalue weighted by Crippen LogP contribution is 2.46. The van der Waals surface area contributed by atoms with Crippen molar-refractivity contribution in [1.82, 2.24) is 14.8 Å². The summed E-state index contributed by atoms with van der Waals surface area (Å²) in [7, 11) is -3.85. The lowest BCUT2D eigenvalue weighted by Gasteiger charge is -2.35. The summed E-state index contributed by atoms with van der Waals surface area (Å²) in [5.74, 6) is -1.76. The third-order valence-electron chi connectivity index (χ3n) is 5.35. The van der Waals surface area contributed by atoms with Gasteiger partial charge in [0.15, 0.2) is 28.3 Å². The van der Waals surface area contributed by atoms with E-state index in [4.69, 9.17) is 0 Å². The number of carbonyl (C=O) groups excluding carboxylic acids is 1. The van der Waals surface area contributed by atoms with Crippen LogP contribution in [0.25, 0.3) is 0 Å². The van der Waals surface area contributed by atoms with E-state index >= 15 is 0 Å². The molecular weight excluding hydrogens is 372 g/mol. The average molecular weight is 391 g/mol. The minimum Gasteiger partial charge on any atom is -0.480 e. The number of aromatic nitrogens is 3. The van der Waals surface area contributed by atoms with Crippen molar-refractivity contribution in [3.8, 4) is 0 Å². The third kappa shape index (κ3) is 2.54. The van der Waals surface area contributed by atoms with E-state index in [9.17, 15) is 23.1 Å². The van der Waals surface area contributed by atoms with E-state index in [1.54, 1.807) is 17.1 Å². The quantitative estimate of drug-likeness (QED) is 0.539. The molecule has 4 rings (SSSR count). The number of hydrogen-bond donors (Lipinski definition) is 1. The monoisotopic (exact) mass is 391 g/mol. The molecule has 27 heavy (non-hydrogen) atoms. The number of hydrogen-bond acceptors (Lipinski definition) is 5. The Morgan fingerprint density at radius 2 is 2.07 bits per heavy atom. The van der Waals surface area contributed by atoms with Crippen LogP contribution in [0.3, 0.4) is 0 Å². The predicted octanol–water partition coefficient (Wildman–Crippen LogP) is -0.582. The van der Waals surface area contributed by atoms with Gasteiger partial charge in [-0.25, -0.2) is 13.2 Å². The molecule has 3 atom stereocenters. The molecular formula is C17H19N4O5S+. The summed E-state index contributed by atoms with van der Waals surface area (Å²) in [5, 5.41) is 12.9. The first-order valence-corrected chi connectivity index (χ1v) is 10.0. The van der Waals surface area contributed by atoms with Crippen molar-refractivity contribution < 1.29 is 27.8 Å². The first-order chi connectivity index (χ1) is 12.7. The molecule has 2 saturated heterocycles. The molecule has 0 aliphatic carbocycles. The van der Waals surface area contributed by atoms with E-state index < -0.39 is 37.9 Å². The van der Waals surface area contributed by atoms with Crippen LogP contribution in [0.15, 0.2) is 42.7 Å². The van der Waals surface area contributed by atoms with Crippen LogP contribution in [-0.4, -0.2) is 56.4 Å². The number of fused-ring (bicyclic) bond motifs is 1. The van der Waals surface area contributed by atoms with Gasteiger partial charge in [0.25, 0.3) is 0 Å². The highest BCUT2D eigenvalue weighted by Gasteiger charge is 2.71. The summed E-state index contributed by atoms with van der Waals surface area (Å²) in [6, 6.07) is 8.23. The van der Waals surface area contributed by atoms with Gasteiger partial charge in [-0.3, -0.25) is 4.79 Å². The molecule has 2 aliphatic rings. The van der Waals surface area contributed by atoms with Gasteiger partial charge in [0, 0.05) is 0 Å². The molecule has 142 valence electrons. The van der Waals surface area contributed by atoms with Crippen molar-refractivity contribution in [2.24, 2.45) is 0 Å². The fourth-order valence-electron chi connectivity index (χ4n) is 3.91. The molecule has 2 fully saturated rings. The van der Waals surface area contributed by atoms with Gasteiger partial charge in [-0.15, -0.1) is 9.36 Å². The second-order valence-electron chi connectivity index (χ2n) is 7.13. The van der Waals surface area contributed by atoms with E-state index in [1.165, 1.54) is 11.6 Å². The second-order valence-corrected chi connectivity index (χ2v) is 9.69. The van der Waals surface area contributed by atoms with Crippen LogP contribution in [-0.2, 0) is 32.5 Å². The van der Waals surface area contributed by atoms with Crippen LogP contribution in [0.5, 0.6) is 0 Å². The van der Waals surface area contributed by atoms with Gasteiger partial charge >= 0.3 is 5.97 Å². The lowest BCUT2D eigenvalue weighted by molar-refractivity contribution is -0.747. The van der Waals surface area contributed by atoms with E-state index in [0.717, 1.165) is 10.5 Å². The summed E-state index contributed by atoms with van der Waals surface area (Å²) >= 11 is 0. The van der Waals surface area contributed by atoms with Crippen molar-refractivity contribution in [1.29, 1.82) is 0 Å². The largest absolute Gasteiger partial charge is 0.480 e. The van der Waals surface area contributed by atoms with E-state index in [2.05, 4.69) is 5.21 Å². The Bertz CT molecular complexity index is 1020. The van der Waals surface area contributed by atoms with Gasteiger partial charge in [-0.1, -0.05) is 30.3 Å². The Balaban J connectivity index is 1.63. The van der Waals surface area contributed by atoms with Crippen LogP contribution in [0, 0.1) is 0 Å². The van der Waals surface area contributed by atoms with E-state index in [1.807, 2.05) is 30.3 Å². The van der Waals surface area contributed by atoms with Crippen LogP contribution < -0.4 is 4.68 Å². The molecule has 1 amide bonds. The summed E-state index contributed by atoms with van der Waals surface area (Å²) in [6.07, 6.45) is 3.16. The van der Waals surface area contributed by atoms with Gasteiger partial charge in [0.2, 0.25) is 5.91 Å². The Hall–Kier alpha value is -2.75. The number of carbonyl (C=O) groups is 2. The zero-order valence-electron chi connectivity index (χ0n) is 14.6. The molecule has 3 heterocycles. The highest BCUT2D eigenvalue weighted by atomic mass is 32.2. The number of carboxylic acid groups (broad SMARTS) is 1. The van der Waals surface area contributed by atoms with Gasteiger partial charge in [-0.05, 0) is 12.5 Å². The highest BCUT2D eigenvalue weighted by molar-refractivity contribution is 7.93. The van der Waals surface area contributed by atoms with Crippen LogP contribution >= 0.6 is 0 Å². The SMILES string of the molecule is C[C@]1(Cn2cc[n+](Cc3ccccc3)n2)[C@H](C(=O)O)N2C(=O)CC2S1(=O)=O. The lowest BCUT2D eigenvalue weighted by Crippen LogP contribution is -2.58. The van der Waals surface area contributed by atoms with Crippen molar-refractivity contribution in [2.45, 2.75) is 42.6 Å². The Labute approximate surface area is 155 Å². The molecule has 0 radical (unpaired) electrons. The smallest absolute Gasteiger partial charge is 0.328 e. The van der Waals surface area contributed by atoms with Crippen molar-refractivity contribution >= 4 is 21.7 Å². The molecule has 0 spiro atoms. The number of nitrogens with zero attached hydrogens (tertiary/aromatic N) is 4. The van der Waals surface area contributed by atoms with Crippen molar-refractivity contribution in [3.05, 3.63) is 48.3 Å². The minimum absolute atomic E-state index is 0.144. The zero-order valence-corrected chi connectivity index (χ0v) is 15.4. The van der Waals surface area contributed by atoms with Gasteiger partial charge in [0.1, 0.15) is 23.2 Å². The molecule has 2 aromatic rings. The molecule has 9 nitrogen and oxygen atoms in total. The maximum atomic E-state index is 12.9.